The Hall–Kier alpha value is -0.850. The smallest absolute Gasteiger partial charge is 0.0471 e. The number of aromatic nitrogens is 1. The van der Waals surface area contributed by atoms with E-state index in [0.717, 1.165) is 11.8 Å². The highest BCUT2D eigenvalue weighted by molar-refractivity contribution is 5.36. The van der Waals surface area contributed by atoms with Crippen molar-refractivity contribution in [3.05, 3.63) is 29.1 Å². The maximum atomic E-state index is 4.89. The number of hydrogen-bond donors (Lipinski definition) is 0. The normalized spacial score (nSPS) is 22.1. The standard InChI is InChI=1S/C19H29N/c1-2-15-13-14-20-19(17-11-7-4-8-12-17)18(15)16-9-5-3-6-10-16/h13-14,16-17H,2-12H2,1H3. The molecule has 0 saturated heterocycles. The molecule has 2 fully saturated rings. The van der Waals surface area contributed by atoms with E-state index in [1.54, 1.807) is 11.1 Å². The summed E-state index contributed by atoms with van der Waals surface area (Å²) in [6.07, 6.45) is 17.3. The largest absolute Gasteiger partial charge is 0.261 e. The molecule has 1 aromatic heterocycles. The molecule has 3 rings (SSSR count). The molecular formula is C19H29N. The van der Waals surface area contributed by atoms with E-state index in [-0.39, 0.29) is 0 Å². The van der Waals surface area contributed by atoms with Crippen molar-refractivity contribution in [1.82, 2.24) is 4.98 Å². The fourth-order valence-corrected chi connectivity index (χ4v) is 4.40. The van der Waals surface area contributed by atoms with Gasteiger partial charge in [0.25, 0.3) is 0 Å². The van der Waals surface area contributed by atoms with E-state index < -0.39 is 0 Å². The SMILES string of the molecule is CCc1ccnc(C2CCCCC2)c1C1CCCCC1. The molecule has 0 radical (unpaired) electrons. The van der Waals surface area contributed by atoms with Crippen LogP contribution in [0, 0.1) is 0 Å². The molecule has 0 spiro atoms. The molecule has 0 unspecified atom stereocenters. The Morgan fingerprint density at radius 2 is 1.50 bits per heavy atom. The molecule has 0 aliphatic heterocycles. The third-order valence-corrected chi connectivity index (χ3v) is 5.50. The molecule has 110 valence electrons. The van der Waals surface area contributed by atoms with Gasteiger partial charge in [0.1, 0.15) is 0 Å². The van der Waals surface area contributed by atoms with Crippen LogP contribution in [0.4, 0.5) is 0 Å². The van der Waals surface area contributed by atoms with Crippen molar-refractivity contribution in [2.45, 2.75) is 89.4 Å². The molecule has 0 amide bonds. The van der Waals surface area contributed by atoms with E-state index in [1.165, 1.54) is 76.3 Å². The van der Waals surface area contributed by atoms with Crippen molar-refractivity contribution in [2.75, 3.05) is 0 Å². The first kappa shape index (κ1) is 14.1. The van der Waals surface area contributed by atoms with Gasteiger partial charge in [-0.25, -0.2) is 0 Å². The third-order valence-electron chi connectivity index (χ3n) is 5.50. The lowest BCUT2D eigenvalue weighted by Crippen LogP contribution is -2.16. The van der Waals surface area contributed by atoms with Crippen LogP contribution in [0.15, 0.2) is 12.3 Å². The number of nitrogens with zero attached hydrogens (tertiary/aromatic N) is 1. The van der Waals surface area contributed by atoms with Crippen LogP contribution in [0.2, 0.25) is 0 Å². The molecule has 2 aliphatic carbocycles. The second kappa shape index (κ2) is 6.74. The average molecular weight is 271 g/mol. The Morgan fingerprint density at radius 1 is 0.900 bits per heavy atom. The fourth-order valence-electron chi connectivity index (χ4n) is 4.40. The van der Waals surface area contributed by atoms with E-state index in [2.05, 4.69) is 19.2 Å². The number of pyridine rings is 1. The maximum Gasteiger partial charge on any atom is 0.0471 e. The van der Waals surface area contributed by atoms with Gasteiger partial charge >= 0.3 is 0 Å². The number of aryl methyl sites for hydroxylation is 1. The zero-order valence-corrected chi connectivity index (χ0v) is 13.0. The van der Waals surface area contributed by atoms with E-state index in [4.69, 9.17) is 4.98 Å². The van der Waals surface area contributed by atoms with Gasteiger partial charge in [0.15, 0.2) is 0 Å². The summed E-state index contributed by atoms with van der Waals surface area (Å²) >= 11 is 0. The van der Waals surface area contributed by atoms with Crippen LogP contribution < -0.4 is 0 Å². The summed E-state index contributed by atoms with van der Waals surface area (Å²) in [5.41, 5.74) is 4.77. The highest BCUT2D eigenvalue weighted by atomic mass is 14.7. The van der Waals surface area contributed by atoms with E-state index in [9.17, 15) is 0 Å². The predicted octanol–water partition coefficient (Wildman–Crippen LogP) is 5.74. The molecule has 0 N–H and O–H groups in total. The lowest BCUT2D eigenvalue weighted by Gasteiger charge is -2.30. The van der Waals surface area contributed by atoms with Crippen LogP contribution in [0.3, 0.4) is 0 Å². The summed E-state index contributed by atoms with van der Waals surface area (Å²) in [5, 5.41) is 0. The van der Waals surface area contributed by atoms with Crippen LogP contribution >= 0.6 is 0 Å². The van der Waals surface area contributed by atoms with Crippen molar-refractivity contribution in [1.29, 1.82) is 0 Å². The van der Waals surface area contributed by atoms with Crippen molar-refractivity contribution in [2.24, 2.45) is 0 Å². The van der Waals surface area contributed by atoms with Gasteiger partial charge in [0, 0.05) is 17.8 Å². The number of hydrogen-bond acceptors (Lipinski definition) is 1. The molecule has 20 heavy (non-hydrogen) atoms. The van der Waals surface area contributed by atoms with Gasteiger partial charge in [-0.15, -0.1) is 0 Å². The second-order valence-electron chi connectivity index (χ2n) is 6.79. The predicted molar refractivity (Wildman–Crippen MR) is 85.3 cm³/mol. The minimum absolute atomic E-state index is 0.757. The van der Waals surface area contributed by atoms with Crippen LogP contribution in [0.25, 0.3) is 0 Å². The van der Waals surface area contributed by atoms with Crippen molar-refractivity contribution in [3.8, 4) is 0 Å². The first-order valence-electron chi connectivity index (χ1n) is 8.87. The van der Waals surface area contributed by atoms with Crippen LogP contribution in [-0.2, 0) is 6.42 Å². The van der Waals surface area contributed by atoms with Gasteiger partial charge in [-0.05, 0) is 55.2 Å². The average Bonchev–Trinajstić information content (AvgIpc) is 2.55. The molecule has 0 bridgehead atoms. The fraction of sp³-hybridized carbons (Fsp3) is 0.737. The lowest BCUT2D eigenvalue weighted by molar-refractivity contribution is 0.411. The summed E-state index contributed by atoms with van der Waals surface area (Å²) in [6, 6.07) is 2.29. The Labute approximate surface area is 124 Å². The minimum atomic E-state index is 0.757. The molecule has 2 aliphatic rings. The third kappa shape index (κ3) is 2.92. The Kier molecular flexibility index (Phi) is 4.75. The van der Waals surface area contributed by atoms with Crippen molar-refractivity contribution < 1.29 is 0 Å². The monoisotopic (exact) mass is 271 g/mol. The maximum absolute atomic E-state index is 4.89. The van der Waals surface area contributed by atoms with Crippen molar-refractivity contribution >= 4 is 0 Å². The topological polar surface area (TPSA) is 12.9 Å². The van der Waals surface area contributed by atoms with Gasteiger partial charge in [0.05, 0.1) is 0 Å². The summed E-state index contributed by atoms with van der Waals surface area (Å²) in [4.78, 5) is 4.89. The van der Waals surface area contributed by atoms with Gasteiger partial charge in [-0.3, -0.25) is 4.98 Å². The van der Waals surface area contributed by atoms with Gasteiger partial charge < -0.3 is 0 Å². The molecule has 1 heterocycles. The van der Waals surface area contributed by atoms with Crippen LogP contribution in [0.5, 0.6) is 0 Å². The quantitative estimate of drug-likeness (QED) is 0.683. The zero-order valence-electron chi connectivity index (χ0n) is 13.0. The van der Waals surface area contributed by atoms with E-state index >= 15 is 0 Å². The van der Waals surface area contributed by atoms with Crippen LogP contribution in [-0.4, -0.2) is 4.98 Å². The molecule has 1 nitrogen and oxygen atoms in total. The van der Waals surface area contributed by atoms with Gasteiger partial charge in [-0.2, -0.15) is 0 Å². The molecule has 2 saturated carbocycles. The highest BCUT2D eigenvalue weighted by Gasteiger charge is 2.26. The minimum Gasteiger partial charge on any atom is -0.261 e. The summed E-state index contributed by atoms with van der Waals surface area (Å²) < 4.78 is 0. The Bertz CT molecular complexity index is 425. The summed E-state index contributed by atoms with van der Waals surface area (Å²) in [7, 11) is 0. The first-order chi connectivity index (χ1) is 9.90. The molecule has 1 aromatic rings. The molecule has 0 aromatic carbocycles. The Morgan fingerprint density at radius 3 is 2.10 bits per heavy atom. The second-order valence-corrected chi connectivity index (χ2v) is 6.79. The van der Waals surface area contributed by atoms with E-state index in [0.29, 0.717) is 0 Å². The molecular weight excluding hydrogens is 242 g/mol. The van der Waals surface area contributed by atoms with E-state index in [1.807, 2.05) is 0 Å². The van der Waals surface area contributed by atoms with Crippen molar-refractivity contribution in [3.63, 3.8) is 0 Å². The highest BCUT2D eigenvalue weighted by Crippen LogP contribution is 2.41. The van der Waals surface area contributed by atoms with Crippen LogP contribution in [0.1, 0.15) is 99.8 Å². The zero-order chi connectivity index (χ0) is 13.8. The van der Waals surface area contributed by atoms with Gasteiger partial charge in [-0.1, -0.05) is 45.4 Å². The summed E-state index contributed by atoms with van der Waals surface area (Å²) in [5.74, 6) is 1.57. The Balaban J connectivity index is 1.94. The first-order valence-corrected chi connectivity index (χ1v) is 8.87. The molecule has 1 heteroatoms. The van der Waals surface area contributed by atoms with Gasteiger partial charge in [0.2, 0.25) is 0 Å². The number of rotatable bonds is 3. The molecule has 0 atom stereocenters. The lowest BCUT2D eigenvalue weighted by atomic mass is 9.76. The summed E-state index contributed by atoms with van der Waals surface area (Å²) in [6.45, 7) is 2.31.